The molecule has 1 aliphatic rings. The van der Waals surface area contributed by atoms with Crippen molar-refractivity contribution in [1.29, 1.82) is 0 Å². The Balaban J connectivity index is 2.04. The number of hydrogen-bond donors (Lipinski definition) is 0. The van der Waals surface area contributed by atoms with Crippen molar-refractivity contribution >= 4 is 5.69 Å². The Kier molecular flexibility index (Phi) is 3.72. The molecule has 0 bridgehead atoms. The third-order valence-electron chi connectivity index (χ3n) is 3.40. The van der Waals surface area contributed by atoms with E-state index in [1.54, 1.807) is 0 Å². The first-order valence-electron chi connectivity index (χ1n) is 6.14. The lowest BCUT2D eigenvalue weighted by atomic mass is 9.91. The standard InChI is InChI=1S/C15H19N3/c1-15(18(2)3)11-9-14(10-12-15)17-16-13-7-5-4-6-8-13/h4-11H,12H2,1-3H3. The summed E-state index contributed by atoms with van der Waals surface area (Å²) in [5.41, 5.74) is 1.90. The van der Waals surface area contributed by atoms with E-state index in [2.05, 4.69) is 48.3 Å². The molecule has 0 aliphatic heterocycles. The number of likely N-dealkylation sites (N-methyl/N-ethyl adjacent to an activating group) is 1. The molecular formula is C15H19N3. The monoisotopic (exact) mass is 241 g/mol. The van der Waals surface area contributed by atoms with Gasteiger partial charge in [-0.1, -0.05) is 30.4 Å². The molecule has 3 heteroatoms. The van der Waals surface area contributed by atoms with E-state index in [1.807, 2.05) is 36.4 Å². The van der Waals surface area contributed by atoms with Crippen molar-refractivity contribution in [3.05, 3.63) is 54.3 Å². The average molecular weight is 241 g/mol. The fourth-order valence-electron chi connectivity index (χ4n) is 1.73. The van der Waals surface area contributed by atoms with Gasteiger partial charge < -0.3 is 4.90 Å². The van der Waals surface area contributed by atoms with Crippen LogP contribution in [0.3, 0.4) is 0 Å². The Morgan fingerprint density at radius 2 is 1.83 bits per heavy atom. The van der Waals surface area contributed by atoms with Crippen LogP contribution >= 0.6 is 0 Å². The molecule has 1 aromatic rings. The summed E-state index contributed by atoms with van der Waals surface area (Å²) in [5.74, 6) is 0. The van der Waals surface area contributed by atoms with E-state index < -0.39 is 0 Å². The first-order valence-corrected chi connectivity index (χ1v) is 6.14. The maximum atomic E-state index is 4.26. The molecule has 0 aromatic heterocycles. The lowest BCUT2D eigenvalue weighted by Crippen LogP contribution is -2.39. The fourth-order valence-corrected chi connectivity index (χ4v) is 1.73. The largest absolute Gasteiger partial charge is 0.300 e. The number of nitrogens with zero attached hydrogens (tertiary/aromatic N) is 3. The van der Waals surface area contributed by atoms with Crippen LogP contribution in [0, 0.1) is 0 Å². The number of rotatable bonds is 3. The Bertz CT molecular complexity index is 486. The lowest BCUT2D eigenvalue weighted by Gasteiger charge is -2.34. The third kappa shape index (κ3) is 2.93. The summed E-state index contributed by atoms with van der Waals surface area (Å²) in [6.07, 6.45) is 7.31. The molecule has 0 fully saturated rings. The van der Waals surface area contributed by atoms with Crippen LogP contribution in [0.1, 0.15) is 13.3 Å². The van der Waals surface area contributed by atoms with Gasteiger partial charge in [-0.05, 0) is 45.6 Å². The summed E-state index contributed by atoms with van der Waals surface area (Å²) in [6, 6.07) is 9.79. The highest BCUT2D eigenvalue weighted by Crippen LogP contribution is 2.26. The van der Waals surface area contributed by atoms with Crippen molar-refractivity contribution in [3.8, 4) is 0 Å². The molecule has 94 valence electrons. The van der Waals surface area contributed by atoms with Crippen LogP contribution in [0.15, 0.2) is 64.5 Å². The van der Waals surface area contributed by atoms with Crippen molar-refractivity contribution in [2.24, 2.45) is 10.2 Å². The van der Waals surface area contributed by atoms with Gasteiger partial charge in [0.2, 0.25) is 0 Å². The van der Waals surface area contributed by atoms with Crippen LogP contribution in [-0.2, 0) is 0 Å². The molecule has 0 heterocycles. The van der Waals surface area contributed by atoms with Crippen LogP contribution in [0.2, 0.25) is 0 Å². The van der Waals surface area contributed by atoms with Crippen LogP contribution in [0.25, 0.3) is 0 Å². The van der Waals surface area contributed by atoms with Crippen LogP contribution in [-0.4, -0.2) is 24.5 Å². The van der Waals surface area contributed by atoms with E-state index in [4.69, 9.17) is 0 Å². The summed E-state index contributed by atoms with van der Waals surface area (Å²) in [7, 11) is 4.18. The van der Waals surface area contributed by atoms with Crippen molar-refractivity contribution in [3.63, 3.8) is 0 Å². The molecule has 1 aromatic carbocycles. The predicted molar refractivity (Wildman–Crippen MR) is 74.9 cm³/mol. The highest BCUT2D eigenvalue weighted by atomic mass is 15.1. The smallest absolute Gasteiger partial charge is 0.0857 e. The second-order valence-electron chi connectivity index (χ2n) is 4.95. The van der Waals surface area contributed by atoms with Gasteiger partial charge in [0.05, 0.1) is 11.4 Å². The van der Waals surface area contributed by atoms with Gasteiger partial charge in [0, 0.05) is 5.54 Å². The van der Waals surface area contributed by atoms with E-state index >= 15 is 0 Å². The van der Waals surface area contributed by atoms with Crippen molar-refractivity contribution in [1.82, 2.24) is 4.90 Å². The Labute approximate surface area is 109 Å². The summed E-state index contributed by atoms with van der Waals surface area (Å²) < 4.78 is 0. The first kappa shape index (κ1) is 12.7. The van der Waals surface area contributed by atoms with Gasteiger partial charge in [-0.15, -0.1) is 0 Å². The maximum Gasteiger partial charge on any atom is 0.0857 e. The first-order chi connectivity index (χ1) is 8.60. The van der Waals surface area contributed by atoms with Gasteiger partial charge in [-0.25, -0.2) is 0 Å². The zero-order chi connectivity index (χ0) is 13.0. The van der Waals surface area contributed by atoms with Gasteiger partial charge in [0.15, 0.2) is 0 Å². The Morgan fingerprint density at radius 1 is 1.11 bits per heavy atom. The van der Waals surface area contributed by atoms with Gasteiger partial charge in [0.25, 0.3) is 0 Å². The second kappa shape index (κ2) is 5.27. The summed E-state index contributed by atoms with van der Waals surface area (Å²) in [5, 5.41) is 8.47. The number of hydrogen-bond acceptors (Lipinski definition) is 3. The molecular weight excluding hydrogens is 222 g/mol. The van der Waals surface area contributed by atoms with Crippen LogP contribution in [0.5, 0.6) is 0 Å². The average Bonchev–Trinajstić information content (AvgIpc) is 2.39. The van der Waals surface area contributed by atoms with E-state index in [9.17, 15) is 0 Å². The van der Waals surface area contributed by atoms with Crippen molar-refractivity contribution < 1.29 is 0 Å². The van der Waals surface area contributed by atoms with E-state index in [1.165, 1.54) is 0 Å². The molecule has 0 saturated carbocycles. The van der Waals surface area contributed by atoms with Gasteiger partial charge >= 0.3 is 0 Å². The molecule has 3 nitrogen and oxygen atoms in total. The summed E-state index contributed by atoms with van der Waals surface area (Å²) in [6.45, 7) is 2.21. The minimum Gasteiger partial charge on any atom is -0.300 e. The quantitative estimate of drug-likeness (QED) is 0.737. The highest BCUT2D eigenvalue weighted by Gasteiger charge is 2.24. The molecule has 2 rings (SSSR count). The molecule has 0 radical (unpaired) electrons. The molecule has 0 amide bonds. The third-order valence-corrected chi connectivity index (χ3v) is 3.40. The maximum absolute atomic E-state index is 4.26. The molecule has 18 heavy (non-hydrogen) atoms. The molecule has 1 unspecified atom stereocenters. The van der Waals surface area contributed by atoms with Crippen molar-refractivity contribution in [2.45, 2.75) is 18.9 Å². The van der Waals surface area contributed by atoms with Crippen molar-refractivity contribution in [2.75, 3.05) is 14.1 Å². The normalized spacial score (nSPS) is 23.7. The zero-order valence-corrected chi connectivity index (χ0v) is 11.2. The Hall–Kier alpha value is -1.74. The highest BCUT2D eigenvalue weighted by molar-refractivity contribution is 5.36. The number of azo groups is 1. The second-order valence-corrected chi connectivity index (χ2v) is 4.95. The van der Waals surface area contributed by atoms with E-state index in [-0.39, 0.29) is 5.54 Å². The topological polar surface area (TPSA) is 28.0 Å². The molecule has 0 spiro atoms. The minimum absolute atomic E-state index is 0.0891. The molecule has 0 saturated heterocycles. The van der Waals surface area contributed by atoms with Gasteiger partial charge in [0.1, 0.15) is 0 Å². The van der Waals surface area contributed by atoms with E-state index in [0.717, 1.165) is 17.8 Å². The lowest BCUT2D eigenvalue weighted by molar-refractivity contribution is 0.230. The zero-order valence-electron chi connectivity index (χ0n) is 11.2. The van der Waals surface area contributed by atoms with Crippen LogP contribution < -0.4 is 0 Å². The number of benzene rings is 1. The Morgan fingerprint density at radius 3 is 2.39 bits per heavy atom. The van der Waals surface area contributed by atoms with Gasteiger partial charge in [-0.3, -0.25) is 0 Å². The molecule has 1 aliphatic carbocycles. The fraction of sp³-hybridized carbons (Fsp3) is 0.333. The SMILES string of the molecule is CN(C)C1(C)C=CC(N=Nc2ccccc2)=CC1. The van der Waals surface area contributed by atoms with Gasteiger partial charge in [-0.2, -0.15) is 10.2 Å². The summed E-state index contributed by atoms with van der Waals surface area (Å²) >= 11 is 0. The summed E-state index contributed by atoms with van der Waals surface area (Å²) in [4.78, 5) is 2.21. The predicted octanol–water partition coefficient (Wildman–Crippen LogP) is 3.93. The molecule has 0 N–H and O–H groups in total. The molecule has 1 atom stereocenters. The van der Waals surface area contributed by atoms with E-state index in [0.29, 0.717) is 0 Å². The minimum atomic E-state index is 0.0891. The number of allylic oxidation sites excluding steroid dienone is 1. The van der Waals surface area contributed by atoms with Crippen LogP contribution in [0.4, 0.5) is 5.69 Å².